The molecular weight excluding hydrogens is 471 g/mol. The fourth-order valence-corrected chi connectivity index (χ4v) is 4.29. The Bertz CT molecular complexity index is 799. The second-order valence-electron chi connectivity index (χ2n) is 9.50. The number of likely N-dealkylation sites (tertiary alicyclic amines) is 1. The van der Waals surface area contributed by atoms with Gasteiger partial charge in [-0.15, -0.1) is 0 Å². The van der Waals surface area contributed by atoms with E-state index in [1.807, 2.05) is 27.7 Å². The van der Waals surface area contributed by atoms with Crippen LogP contribution in [0.25, 0.3) is 0 Å². The third-order valence-electron chi connectivity index (χ3n) is 6.92. The van der Waals surface area contributed by atoms with Crippen molar-refractivity contribution in [3.05, 3.63) is 72.6 Å². The summed E-state index contributed by atoms with van der Waals surface area (Å²) in [7, 11) is 0. The average Bonchev–Trinajstić information content (AvgIpc) is 3.21. The molecule has 2 rings (SSSR count). The Morgan fingerprint density at radius 1 is 1.21 bits per heavy atom. The molecule has 1 aromatic carbocycles. The molecule has 0 saturated carbocycles. The molecule has 0 amide bonds. The van der Waals surface area contributed by atoms with Crippen molar-refractivity contribution < 1.29 is 4.39 Å². The molecule has 1 aliphatic rings. The van der Waals surface area contributed by atoms with E-state index in [1.54, 1.807) is 13.0 Å². The Morgan fingerprint density at radius 2 is 1.84 bits per heavy atom. The Balaban J connectivity index is 0. The van der Waals surface area contributed by atoms with Gasteiger partial charge in [-0.3, -0.25) is 4.90 Å². The van der Waals surface area contributed by atoms with Gasteiger partial charge < -0.3 is 11.1 Å². The Labute approximate surface area is 234 Å². The van der Waals surface area contributed by atoms with E-state index in [2.05, 4.69) is 74.0 Å². The molecule has 38 heavy (non-hydrogen) atoms. The predicted molar refractivity (Wildman–Crippen MR) is 166 cm³/mol. The maximum Gasteiger partial charge on any atom is 0.122 e. The molecule has 4 nitrogen and oxygen atoms in total. The first-order valence-electron chi connectivity index (χ1n) is 14.5. The summed E-state index contributed by atoms with van der Waals surface area (Å²) in [6, 6.07) is 13.5. The lowest BCUT2D eigenvalue weighted by molar-refractivity contribution is 0.117. The molecule has 1 aliphatic heterocycles. The summed E-state index contributed by atoms with van der Waals surface area (Å²) in [5.74, 6) is 0.951. The van der Waals surface area contributed by atoms with Crippen molar-refractivity contribution in [2.24, 2.45) is 11.7 Å². The first kappa shape index (κ1) is 37.9. The molecule has 0 aliphatic carbocycles. The van der Waals surface area contributed by atoms with Crippen LogP contribution in [0.2, 0.25) is 0 Å². The summed E-state index contributed by atoms with van der Waals surface area (Å²) in [6.45, 7) is 23.6. The van der Waals surface area contributed by atoms with E-state index >= 15 is 0 Å². The highest BCUT2D eigenvalue weighted by Gasteiger charge is 2.32. The van der Waals surface area contributed by atoms with Crippen molar-refractivity contribution in [3.8, 4) is 6.07 Å². The standard InChI is InChI=1S/C22H36N4.C7H9F.2C2H6/c1-18(21-9-5-4-6-10-21)19(2)25-16-20-8-7-14-26(15-11-20)22(3,17-24)12-13-23;1-3-5-7(8)6-4-2;2*1-2/h4-6,9-10,18-20,25H,7-8,11-12,14-17,24H2,1-3H3;3-6H,1H2,2H3;2*1-2H3/b;6-4-,7-5+;;. The number of nitrogens with one attached hydrogen (secondary N) is 1. The molecule has 0 aromatic heterocycles. The van der Waals surface area contributed by atoms with E-state index in [9.17, 15) is 4.39 Å². The number of nitrogens with zero attached hydrogens (tertiary/aromatic N) is 2. The molecule has 0 radical (unpaired) electrons. The second kappa shape index (κ2) is 23.8. The van der Waals surface area contributed by atoms with Crippen LogP contribution in [0.5, 0.6) is 0 Å². The van der Waals surface area contributed by atoms with Gasteiger partial charge in [0.25, 0.3) is 0 Å². The summed E-state index contributed by atoms with van der Waals surface area (Å²) in [4.78, 5) is 2.45. The largest absolute Gasteiger partial charge is 0.329 e. The van der Waals surface area contributed by atoms with Crippen molar-refractivity contribution in [1.29, 1.82) is 5.26 Å². The number of benzene rings is 1. The normalized spacial score (nSPS) is 19.0. The third-order valence-corrected chi connectivity index (χ3v) is 6.92. The molecule has 1 fully saturated rings. The minimum absolute atomic E-state index is 0.174. The molecule has 216 valence electrons. The highest BCUT2D eigenvalue weighted by atomic mass is 19.1. The zero-order valence-electron chi connectivity index (χ0n) is 25.6. The molecule has 3 N–H and O–H groups in total. The third kappa shape index (κ3) is 15.2. The lowest BCUT2D eigenvalue weighted by Gasteiger charge is -2.38. The van der Waals surface area contributed by atoms with Crippen molar-refractivity contribution in [2.45, 2.75) is 98.6 Å². The first-order chi connectivity index (χ1) is 18.3. The zero-order valence-corrected chi connectivity index (χ0v) is 25.6. The van der Waals surface area contributed by atoms with Gasteiger partial charge in [-0.1, -0.05) is 83.7 Å². The SMILES string of the molecule is C=C/C=C(F)\C=C/C.CC.CC.CC(NCC1CCCN(C(C)(CN)CC#N)CC1)C(C)c1ccccc1. The van der Waals surface area contributed by atoms with Crippen LogP contribution in [0.3, 0.4) is 0 Å². The van der Waals surface area contributed by atoms with Crippen molar-refractivity contribution >= 4 is 0 Å². The minimum atomic E-state index is -0.262. The van der Waals surface area contributed by atoms with Gasteiger partial charge in [0.05, 0.1) is 12.5 Å². The van der Waals surface area contributed by atoms with Crippen LogP contribution < -0.4 is 11.1 Å². The number of nitriles is 1. The smallest absolute Gasteiger partial charge is 0.122 e. The van der Waals surface area contributed by atoms with Crippen molar-refractivity contribution in [2.75, 3.05) is 26.2 Å². The van der Waals surface area contributed by atoms with Crippen LogP contribution >= 0.6 is 0 Å². The number of halogens is 1. The maximum absolute atomic E-state index is 12.1. The van der Waals surface area contributed by atoms with Crippen LogP contribution in [0.4, 0.5) is 4.39 Å². The van der Waals surface area contributed by atoms with Gasteiger partial charge in [0, 0.05) is 18.1 Å². The first-order valence-corrected chi connectivity index (χ1v) is 14.5. The van der Waals surface area contributed by atoms with Gasteiger partial charge in [-0.25, -0.2) is 4.39 Å². The molecule has 1 aromatic rings. The van der Waals surface area contributed by atoms with Gasteiger partial charge >= 0.3 is 0 Å². The molecule has 1 heterocycles. The van der Waals surface area contributed by atoms with Crippen LogP contribution in [0.15, 0.2) is 67.0 Å². The van der Waals surface area contributed by atoms with Crippen LogP contribution in [0, 0.1) is 17.2 Å². The number of nitrogens with two attached hydrogens (primary N) is 1. The Kier molecular flexibility index (Phi) is 23.8. The molecule has 0 bridgehead atoms. The second-order valence-corrected chi connectivity index (χ2v) is 9.50. The van der Waals surface area contributed by atoms with Crippen LogP contribution in [0.1, 0.15) is 92.6 Å². The Morgan fingerprint density at radius 3 is 2.37 bits per heavy atom. The molecule has 4 atom stereocenters. The van der Waals surface area contributed by atoms with Crippen molar-refractivity contribution in [3.63, 3.8) is 0 Å². The molecule has 5 heteroatoms. The summed E-state index contributed by atoms with van der Waals surface area (Å²) in [5.41, 5.74) is 7.21. The molecule has 0 spiro atoms. The van der Waals surface area contributed by atoms with E-state index in [-0.39, 0.29) is 11.4 Å². The lowest BCUT2D eigenvalue weighted by Crippen LogP contribution is -2.51. The van der Waals surface area contributed by atoms with E-state index in [0.29, 0.717) is 30.8 Å². The Hall–Kier alpha value is -2.26. The quantitative estimate of drug-likeness (QED) is 0.301. The lowest BCUT2D eigenvalue weighted by atomic mass is 9.93. The number of allylic oxidation sites excluding steroid dienone is 5. The fraction of sp³-hybridized carbons (Fsp3) is 0.606. The highest BCUT2D eigenvalue weighted by molar-refractivity contribution is 5.20. The van der Waals surface area contributed by atoms with Gasteiger partial charge in [0.1, 0.15) is 5.83 Å². The zero-order chi connectivity index (χ0) is 29.4. The minimum Gasteiger partial charge on any atom is -0.329 e. The highest BCUT2D eigenvalue weighted by Crippen LogP contribution is 2.26. The van der Waals surface area contributed by atoms with Gasteiger partial charge in [-0.2, -0.15) is 5.26 Å². The van der Waals surface area contributed by atoms with Gasteiger partial charge in [0.15, 0.2) is 0 Å². The molecular formula is C33H57FN4. The van der Waals surface area contributed by atoms with Gasteiger partial charge in [-0.05, 0) is 89.2 Å². The van der Waals surface area contributed by atoms with E-state index in [4.69, 9.17) is 11.0 Å². The van der Waals surface area contributed by atoms with E-state index in [0.717, 1.165) is 19.6 Å². The molecule has 1 saturated heterocycles. The average molecular weight is 529 g/mol. The van der Waals surface area contributed by atoms with E-state index in [1.165, 1.54) is 43.1 Å². The predicted octanol–water partition coefficient (Wildman–Crippen LogP) is 8.16. The number of rotatable bonds is 10. The monoisotopic (exact) mass is 528 g/mol. The summed E-state index contributed by atoms with van der Waals surface area (Å²) in [5, 5.41) is 12.9. The maximum atomic E-state index is 12.1. The van der Waals surface area contributed by atoms with E-state index < -0.39 is 0 Å². The molecule has 4 unspecified atom stereocenters. The van der Waals surface area contributed by atoms with Crippen LogP contribution in [-0.2, 0) is 0 Å². The summed E-state index contributed by atoms with van der Waals surface area (Å²) in [6.07, 6.45) is 9.87. The topological polar surface area (TPSA) is 65.1 Å². The fourth-order valence-electron chi connectivity index (χ4n) is 4.29. The number of hydrogen-bond acceptors (Lipinski definition) is 4. The van der Waals surface area contributed by atoms with Crippen LogP contribution in [-0.4, -0.2) is 42.7 Å². The van der Waals surface area contributed by atoms with Crippen molar-refractivity contribution in [1.82, 2.24) is 10.2 Å². The summed E-state index contributed by atoms with van der Waals surface area (Å²) >= 11 is 0. The summed E-state index contributed by atoms with van der Waals surface area (Å²) < 4.78 is 12.1. The van der Waals surface area contributed by atoms with Gasteiger partial charge in [0.2, 0.25) is 0 Å². The number of hydrogen-bond donors (Lipinski definition) is 2.